The van der Waals surface area contributed by atoms with E-state index in [0.29, 0.717) is 19.3 Å². The van der Waals surface area contributed by atoms with E-state index in [-0.39, 0.29) is 32.6 Å². The van der Waals surface area contributed by atoms with Gasteiger partial charge >= 0.3 is 19.8 Å². The molecule has 9 nitrogen and oxygen atoms in total. The molecule has 0 amide bonds. The topological polar surface area (TPSA) is 134 Å². The Balaban J connectivity index is 4.38. The minimum atomic E-state index is -4.39. The lowest BCUT2D eigenvalue weighted by molar-refractivity contribution is -0.161. The number of phosphoric acid groups is 1. The van der Waals surface area contributed by atoms with Crippen LogP contribution in [-0.4, -0.2) is 49.3 Å². The molecule has 0 aliphatic heterocycles. The second-order valence-electron chi connectivity index (χ2n) is 11.7. The highest BCUT2D eigenvalue weighted by Crippen LogP contribution is 2.43. The van der Waals surface area contributed by atoms with Gasteiger partial charge < -0.3 is 20.1 Å². The third-order valence-electron chi connectivity index (χ3n) is 7.08. The molecule has 10 heteroatoms. The first-order chi connectivity index (χ1) is 23.8. The number of carbonyl (C=O) groups is 2. The molecule has 1 unspecified atom stereocenters. The van der Waals surface area contributed by atoms with Crippen molar-refractivity contribution >= 4 is 19.8 Å². The Hall–Kier alpha value is -2.55. The zero-order valence-corrected chi connectivity index (χ0v) is 31.3. The van der Waals surface area contributed by atoms with Crippen LogP contribution < -0.4 is 5.73 Å². The smallest absolute Gasteiger partial charge is 0.462 e. The summed E-state index contributed by atoms with van der Waals surface area (Å²) < 4.78 is 32.5. The van der Waals surface area contributed by atoms with Gasteiger partial charge in [0.2, 0.25) is 0 Å². The Morgan fingerprint density at radius 2 is 1.14 bits per heavy atom. The highest BCUT2D eigenvalue weighted by Gasteiger charge is 2.25. The van der Waals surface area contributed by atoms with Crippen molar-refractivity contribution in [2.24, 2.45) is 5.73 Å². The normalized spacial score (nSPS) is 14.3. The predicted molar refractivity (Wildman–Crippen MR) is 201 cm³/mol. The number of nitrogens with two attached hydrogens (primary N) is 1. The van der Waals surface area contributed by atoms with Crippen LogP contribution in [0.3, 0.4) is 0 Å². The van der Waals surface area contributed by atoms with Crippen LogP contribution in [0.2, 0.25) is 0 Å². The largest absolute Gasteiger partial charge is 0.472 e. The monoisotopic (exact) mass is 707 g/mol. The van der Waals surface area contributed by atoms with E-state index in [1.54, 1.807) is 0 Å². The van der Waals surface area contributed by atoms with Crippen molar-refractivity contribution in [3.63, 3.8) is 0 Å². The minimum Gasteiger partial charge on any atom is -0.462 e. The Bertz CT molecular complexity index is 1030. The Labute approximate surface area is 297 Å². The van der Waals surface area contributed by atoms with E-state index in [1.165, 1.54) is 12.8 Å². The second kappa shape index (κ2) is 35.3. The summed E-state index contributed by atoms with van der Waals surface area (Å²) in [5, 5.41) is 0. The van der Waals surface area contributed by atoms with Crippen LogP contribution in [0.5, 0.6) is 0 Å². The number of allylic oxidation sites excluding steroid dienone is 12. The third-order valence-corrected chi connectivity index (χ3v) is 8.06. The Kier molecular flexibility index (Phi) is 33.4. The van der Waals surface area contributed by atoms with Gasteiger partial charge in [0.25, 0.3) is 0 Å². The molecule has 0 bridgehead atoms. The van der Waals surface area contributed by atoms with Gasteiger partial charge in [-0.05, 0) is 70.6 Å². The minimum absolute atomic E-state index is 0.0396. The average Bonchev–Trinajstić information content (AvgIpc) is 3.08. The molecule has 0 aliphatic carbocycles. The summed E-state index contributed by atoms with van der Waals surface area (Å²) in [7, 11) is -4.39. The maximum absolute atomic E-state index is 12.5. The van der Waals surface area contributed by atoms with Crippen molar-refractivity contribution in [1.82, 2.24) is 0 Å². The SMILES string of the molecule is CC/C=C/C/C=C/C/C=C/C/C=C/C/C=C/CCCC(=O)O[C@H](COC(=O)CCCCCCC/C=C/CCCC)COP(=O)(O)OCCN. The fourth-order valence-electron chi connectivity index (χ4n) is 4.35. The summed E-state index contributed by atoms with van der Waals surface area (Å²) in [4.78, 5) is 34.6. The van der Waals surface area contributed by atoms with Gasteiger partial charge in [0.15, 0.2) is 6.10 Å². The third kappa shape index (κ3) is 35.1. The highest BCUT2D eigenvalue weighted by atomic mass is 31.2. The first kappa shape index (κ1) is 46.5. The van der Waals surface area contributed by atoms with Crippen molar-refractivity contribution in [3.8, 4) is 0 Å². The molecule has 0 aromatic carbocycles. The Morgan fingerprint density at radius 3 is 1.76 bits per heavy atom. The summed E-state index contributed by atoms with van der Waals surface area (Å²) in [5.41, 5.74) is 5.32. The van der Waals surface area contributed by atoms with Gasteiger partial charge in [-0.25, -0.2) is 4.57 Å². The fourth-order valence-corrected chi connectivity index (χ4v) is 5.12. The molecule has 0 fully saturated rings. The summed E-state index contributed by atoms with van der Waals surface area (Å²) in [6, 6.07) is 0. The number of ether oxygens (including phenoxy) is 2. The summed E-state index contributed by atoms with van der Waals surface area (Å²) in [5.74, 6) is -0.919. The van der Waals surface area contributed by atoms with Crippen molar-refractivity contribution in [2.75, 3.05) is 26.4 Å². The average molecular weight is 708 g/mol. The maximum Gasteiger partial charge on any atom is 0.472 e. The number of unbranched alkanes of at least 4 members (excludes halogenated alkanes) is 8. The number of rotatable bonds is 33. The molecule has 0 heterocycles. The van der Waals surface area contributed by atoms with E-state index in [0.717, 1.165) is 70.6 Å². The van der Waals surface area contributed by atoms with Gasteiger partial charge in [0.05, 0.1) is 13.2 Å². The molecule has 0 saturated heterocycles. The standard InChI is InChI=1S/C39H66NO8P/c1-3-5-7-9-11-13-15-16-17-18-19-20-22-24-26-28-30-32-39(42)48-37(36-47-49(43,44)46-34-33-40)35-45-38(41)31-29-27-25-23-21-14-12-10-8-6-4-2/h5,7,10-13,16-17,19-20,24,26,37H,3-4,6,8-9,14-15,18,21-23,25,27-36,40H2,1-2H3,(H,43,44)/b7-5+,12-10+,13-11+,17-16+,20-19+,26-24+/t37-/m1/s1. The molecule has 0 aromatic rings. The zero-order valence-electron chi connectivity index (χ0n) is 30.4. The van der Waals surface area contributed by atoms with Gasteiger partial charge in [-0.3, -0.25) is 18.6 Å². The molecule has 0 radical (unpaired) electrons. The lowest BCUT2D eigenvalue weighted by Gasteiger charge is -2.19. The molecule has 0 rings (SSSR count). The van der Waals surface area contributed by atoms with Gasteiger partial charge in [-0.1, -0.05) is 119 Å². The fraction of sp³-hybridized carbons (Fsp3) is 0.641. The van der Waals surface area contributed by atoms with Crippen molar-refractivity contribution in [2.45, 2.75) is 136 Å². The van der Waals surface area contributed by atoms with E-state index in [9.17, 15) is 19.0 Å². The predicted octanol–water partition coefficient (Wildman–Crippen LogP) is 9.93. The van der Waals surface area contributed by atoms with Crippen LogP contribution >= 0.6 is 7.82 Å². The van der Waals surface area contributed by atoms with Crippen molar-refractivity contribution in [3.05, 3.63) is 72.9 Å². The highest BCUT2D eigenvalue weighted by molar-refractivity contribution is 7.47. The van der Waals surface area contributed by atoms with Crippen LogP contribution in [0.4, 0.5) is 0 Å². The number of esters is 2. The van der Waals surface area contributed by atoms with E-state index < -0.39 is 32.5 Å². The zero-order chi connectivity index (χ0) is 36.1. The lowest BCUT2D eigenvalue weighted by atomic mass is 10.1. The van der Waals surface area contributed by atoms with Gasteiger partial charge in [0.1, 0.15) is 6.61 Å². The number of phosphoric ester groups is 1. The number of carbonyl (C=O) groups excluding carboxylic acids is 2. The quantitative estimate of drug-likeness (QED) is 0.0296. The molecular formula is C39H66NO8P. The van der Waals surface area contributed by atoms with Crippen LogP contribution in [-0.2, 0) is 32.7 Å². The first-order valence-corrected chi connectivity index (χ1v) is 19.9. The van der Waals surface area contributed by atoms with Crippen LogP contribution in [0.1, 0.15) is 129 Å². The first-order valence-electron chi connectivity index (χ1n) is 18.4. The molecule has 0 aromatic heterocycles. The van der Waals surface area contributed by atoms with Crippen molar-refractivity contribution in [1.29, 1.82) is 0 Å². The van der Waals surface area contributed by atoms with Crippen LogP contribution in [0.15, 0.2) is 72.9 Å². The molecule has 0 spiro atoms. The van der Waals surface area contributed by atoms with Crippen LogP contribution in [0.25, 0.3) is 0 Å². The molecule has 0 aliphatic rings. The number of hydrogen-bond acceptors (Lipinski definition) is 8. The molecule has 3 N–H and O–H groups in total. The van der Waals surface area contributed by atoms with E-state index in [1.807, 2.05) is 6.08 Å². The van der Waals surface area contributed by atoms with Gasteiger partial charge in [-0.2, -0.15) is 0 Å². The van der Waals surface area contributed by atoms with E-state index in [4.69, 9.17) is 24.3 Å². The van der Waals surface area contributed by atoms with Gasteiger partial charge in [-0.15, -0.1) is 0 Å². The summed E-state index contributed by atoms with van der Waals surface area (Å²) in [6.07, 6.45) is 40.9. The van der Waals surface area contributed by atoms with E-state index in [2.05, 4.69) is 80.7 Å². The molecule has 2 atom stereocenters. The molecule has 49 heavy (non-hydrogen) atoms. The Morgan fingerprint density at radius 1 is 0.633 bits per heavy atom. The second-order valence-corrected chi connectivity index (χ2v) is 13.2. The summed E-state index contributed by atoms with van der Waals surface area (Å²) in [6.45, 7) is 3.46. The summed E-state index contributed by atoms with van der Waals surface area (Å²) >= 11 is 0. The van der Waals surface area contributed by atoms with Gasteiger partial charge in [0, 0.05) is 19.4 Å². The maximum atomic E-state index is 12.5. The number of hydrogen-bond donors (Lipinski definition) is 2. The van der Waals surface area contributed by atoms with Crippen molar-refractivity contribution < 1.29 is 37.6 Å². The van der Waals surface area contributed by atoms with E-state index >= 15 is 0 Å². The lowest BCUT2D eigenvalue weighted by Crippen LogP contribution is -2.29. The molecular weight excluding hydrogens is 641 g/mol. The molecule has 0 saturated carbocycles. The van der Waals surface area contributed by atoms with Crippen LogP contribution in [0, 0.1) is 0 Å². The molecule has 280 valence electrons.